The summed E-state index contributed by atoms with van der Waals surface area (Å²) in [7, 11) is -4.06. The van der Waals surface area contributed by atoms with Crippen LogP contribution in [-0.2, 0) is 21.4 Å². The minimum atomic E-state index is -4.06. The SMILES string of the molecule is CC(C)C(NS(=O)(=O)c1ccc(-c2ccccc2)c(OCc2ccccc2)c1)C(=O)O. The molecule has 2 N–H and O–H groups in total. The Labute approximate surface area is 182 Å². The topological polar surface area (TPSA) is 92.7 Å². The fraction of sp³-hybridized carbons (Fsp3) is 0.208. The summed E-state index contributed by atoms with van der Waals surface area (Å²) >= 11 is 0. The number of rotatable bonds is 9. The summed E-state index contributed by atoms with van der Waals surface area (Å²) in [5, 5.41) is 9.36. The zero-order valence-corrected chi connectivity index (χ0v) is 18.2. The van der Waals surface area contributed by atoms with Crippen molar-refractivity contribution in [2.75, 3.05) is 0 Å². The quantitative estimate of drug-likeness (QED) is 0.518. The highest BCUT2D eigenvalue weighted by atomic mass is 32.2. The van der Waals surface area contributed by atoms with Crippen molar-refractivity contribution < 1.29 is 23.1 Å². The van der Waals surface area contributed by atoms with Crippen LogP contribution in [0.15, 0.2) is 83.8 Å². The monoisotopic (exact) mass is 439 g/mol. The van der Waals surface area contributed by atoms with Gasteiger partial charge in [0.15, 0.2) is 0 Å². The van der Waals surface area contributed by atoms with Gasteiger partial charge >= 0.3 is 5.97 Å². The van der Waals surface area contributed by atoms with Gasteiger partial charge in [-0.15, -0.1) is 0 Å². The maximum atomic E-state index is 12.9. The first-order valence-corrected chi connectivity index (χ1v) is 11.4. The van der Waals surface area contributed by atoms with Crippen LogP contribution in [-0.4, -0.2) is 25.5 Å². The van der Waals surface area contributed by atoms with Crippen molar-refractivity contribution in [1.29, 1.82) is 0 Å². The molecular weight excluding hydrogens is 414 g/mol. The van der Waals surface area contributed by atoms with Crippen molar-refractivity contribution in [2.45, 2.75) is 31.4 Å². The smallest absolute Gasteiger partial charge is 0.322 e. The Balaban J connectivity index is 1.98. The van der Waals surface area contributed by atoms with E-state index in [1.807, 2.05) is 60.7 Å². The molecule has 0 amide bonds. The second-order valence-electron chi connectivity index (χ2n) is 7.48. The van der Waals surface area contributed by atoms with Crippen molar-refractivity contribution in [1.82, 2.24) is 4.72 Å². The molecule has 0 saturated heterocycles. The third kappa shape index (κ3) is 5.71. The zero-order chi connectivity index (χ0) is 22.4. The summed E-state index contributed by atoms with van der Waals surface area (Å²) < 4.78 is 34.1. The molecule has 3 aromatic carbocycles. The number of carboxylic acid groups (broad SMARTS) is 1. The molecule has 0 aliphatic heterocycles. The Morgan fingerprint density at radius 1 is 0.968 bits per heavy atom. The van der Waals surface area contributed by atoms with Crippen molar-refractivity contribution >= 4 is 16.0 Å². The van der Waals surface area contributed by atoms with Gasteiger partial charge in [-0.05, 0) is 29.2 Å². The van der Waals surface area contributed by atoms with Crippen molar-refractivity contribution in [3.63, 3.8) is 0 Å². The number of carboxylic acids is 1. The van der Waals surface area contributed by atoms with Gasteiger partial charge in [-0.1, -0.05) is 74.5 Å². The molecule has 1 atom stereocenters. The molecule has 3 rings (SSSR count). The van der Waals surface area contributed by atoms with Gasteiger partial charge in [0.2, 0.25) is 10.0 Å². The lowest BCUT2D eigenvalue weighted by molar-refractivity contribution is -0.140. The zero-order valence-electron chi connectivity index (χ0n) is 17.4. The minimum Gasteiger partial charge on any atom is -0.488 e. The highest BCUT2D eigenvalue weighted by molar-refractivity contribution is 7.89. The maximum absolute atomic E-state index is 12.9. The van der Waals surface area contributed by atoms with Gasteiger partial charge < -0.3 is 9.84 Å². The number of ether oxygens (including phenoxy) is 1. The Bertz CT molecular complexity index is 1130. The Morgan fingerprint density at radius 3 is 2.16 bits per heavy atom. The third-order valence-corrected chi connectivity index (χ3v) is 6.24. The highest BCUT2D eigenvalue weighted by Crippen LogP contribution is 2.33. The number of hydrogen-bond donors (Lipinski definition) is 2. The molecule has 0 spiro atoms. The van der Waals surface area contributed by atoms with Crippen LogP contribution in [0.3, 0.4) is 0 Å². The summed E-state index contributed by atoms with van der Waals surface area (Å²) in [5.74, 6) is -1.24. The van der Waals surface area contributed by atoms with Crippen LogP contribution in [0.1, 0.15) is 19.4 Å². The summed E-state index contributed by atoms with van der Waals surface area (Å²) in [5.41, 5.74) is 2.57. The first-order chi connectivity index (χ1) is 14.8. The van der Waals surface area contributed by atoms with E-state index in [9.17, 15) is 18.3 Å². The van der Waals surface area contributed by atoms with Gasteiger partial charge in [0.05, 0.1) is 4.90 Å². The van der Waals surface area contributed by atoms with Crippen LogP contribution in [0.25, 0.3) is 11.1 Å². The maximum Gasteiger partial charge on any atom is 0.322 e. The molecule has 0 bridgehead atoms. The van der Waals surface area contributed by atoms with E-state index in [-0.39, 0.29) is 11.5 Å². The normalized spacial score (nSPS) is 12.5. The van der Waals surface area contributed by atoms with Crippen LogP contribution in [0.2, 0.25) is 0 Å². The largest absolute Gasteiger partial charge is 0.488 e. The Kier molecular flexibility index (Phi) is 7.09. The number of hydrogen-bond acceptors (Lipinski definition) is 4. The van der Waals surface area contributed by atoms with E-state index in [2.05, 4.69) is 4.72 Å². The standard InChI is InChI=1S/C24H25NO5S/c1-17(2)23(24(26)27)25-31(28,29)20-13-14-21(19-11-7-4-8-12-19)22(15-20)30-16-18-9-5-3-6-10-18/h3-15,17,23,25H,16H2,1-2H3,(H,26,27). The fourth-order valence-corrected chi connectivity index (χ4v) is 4.44. The summed E-state index contributed by atoms with van der Waals surface area (Å²) in [6.07, 6.45) is 0. The first kappa shape index (κ1) is 22.5. The van der Waals surface area contributed by atoms with E-state index in [0.717, 1.165) is 16.7 Å². The van der Waals surface area contributed by atoms with Crippen molar-refractivity contribution in [3.05, 3.63) is 84.4 Å². The van der Waals surface area contributed by atoms with Crippen molar-refractivity contribution in [3.8, 4) is 16.9 Å². The predicted octanol–water partition coefficient (Wildman–Crippen LogP) is 4.32. The van der Waals surface area contributed by atoms with Crippen LogP contribution in [0.4, 0.5) is 0 Å². The predicted molar refractivity (Wildman–Crippen MR) is 119 cm³/mol. The molecule has 0 fully saturated rings. The van der Waals surface area contributed by atoms with E-state index < -0.39 is 28.0 Å². The van der Waals surface area contributed by atoms with Crippen LogP contribution >= 0.6 is 0 Å². The first-order valence-electron chi connectivity index (χ1n) is 9.89. The molecule has 6 nitrogen and oxygen atoms in total. The number of sulfonamides is 1. The van der Waals surface area contributed by atoms with E-state index in [1.165, 1.54) is 12.1 Å². The third-order valence-electron chi connectivity index (χ3n) is 4.80. The average Bonchev–Trinajstić information content (AvgIpc) is 2.77. The van der Waals surface area contributed by atoms with E-state index in [1.54, 1.807) is 19.9 Å². The molecule has 0 saturated carbocycles. The van der Waals surface area contributed by atoms with Gasteiger partial charge in [0, 0.05) is 11.6 Å². The lowest BCUT2D eigenvalue weighted by Crippen LogP contribution is -2.44. The summed E-state index contributed by atoms with van der Waals surface area (Å²) in [4.78, 5) is 11.4. The Morgan fingerprint density at radius 2 is 1.58 bits per heavy atom. The summed E-state index contributed by atoms with van der Waals surface area (Å²) in [6.45, 7) is 3.56. The summed E-state index contributed by atoms with van der Waals surface area (Å²) in [6, 6.07) is 22.4. The minimum absolute atomic E-state index is 0.0536. The number of nitrogens with one attached hydrogen (secondary N) is 1. The lowest BCUT2D eigenvalue weighted by Gasteiger charge is -2.19. The van der Waals surface area contributed by atoms with E-state index >= 15 is 0 Å². The average molecular weight is 440 g/mol. The van der Waals surface area contributed by atoms with Gasteiger partial charge in [-0.3, -0.25) is 4.79 Å². The molecule has 0 heterocycles. The van der Waals surface area contributed by atoms with Gasteiger partial charge in [-0.25, -0.2) is 8.42 Å². The van der Waals surface area contributed by atoms with Crippen molar-refractivity contribution in [2.24, 2.45) is 5.92 Å². The molecule has 0 radical (unpaired) electrons. The van der Waals surface area contributed by atoms with Gasteiger partial charge in [0.1, 0.15) is 18.4 Å². The Hall–Kier alpha value is -3.16. The van der Waals surface area contributed by atoms with Gasteiger partial charge in [-0.2, -0.15) is 4.72 Å². The molecule has 162 valence electrons. The number of benzene rings is 3. The molecule has 0 aromatic heterocycles. The molecule has 0 aliphatic carbocycles. The molecule has 0 aliphatic rings. The molecule has 1 unspecified atom stereocenters. The molecule has 3 aromatic rings. The molecular formula is C24H25NO5S. The second-order valence-corrected chi connectivity index (χ2v) is 9.19. The van der Waals surface area contributed by atoms with E-state index in [0.29, 0.717) is 5.75 Å². The van der Waals surface area contributed by atoms with Crippen LogP contribution in [0.5, 0.6) is 5.75 Å². The molecule has 31 heavy (non-hydrogen) atoms. The lowest BCUT2D eigenvalue weighted by atomic mass is 10.0. The number of carbonyl (C=O) groups is 1. The fourth-order valence-electron chi connectivity index (χ4n) is 3.09. The van der Waals surface area contributed by atoms with E-state index in [4.69, 9.17) is 4.74 Å². The molecule has 7 heteroatoms. The highest BCUT2D eigenvalue weighted by Gasteiger charge is 2.28. The number of aliphatic carboxylic acids is 1. The van der Waals surface area contributed by atoms with Gasteiger partial charge in [0.25, 0.3) is 0 Å². The van der Waals surface area contributed by atoms with Crippen LogP contribution in [0, 0.1) is 5.92 Å². The van der Waals surface area contributed by atoms with Crippen LogP contribution < -0.4 is 9.46 Å². The second kappa shape index (κ2) is 9.76.